The molecule has 2 nitrogen and oxygen atoms in total. The van der Waals surface area contributed by atoms with Crippen LogP contribution in [0.4, 0.5) is 5.69 Å². The Labute approximate surface area is 79.0 Å². The number of hydrogen-bond donors (Lipinski definition) is 3. The number of nitrogen functional groups attached to an aromatic ring is 1. The molecule has 12 heavy (non-hydrogen) atoms. The van der Waals surface area contributed by atoms with Gasteiger partial charge in [-0.3, -0.25) is 0 Å². The van der Waals surface area contributed by atoms with Crippen molar-refractivity contribution in [3.8, 4) is 5.75 Å². The average molecular weight is 197 g/mol. The first-order valence-corrected chi connectivity index (χ1v) is 4.65. The van der Waals surface area contributed by atoms with Gasteiger partial charge in [-0.1, -0.05) is 0 Å². The molecule has 4 heteroatoms. The van der Waals surface area contributed by atoms with Crippen LogP contribution in [0.25, 0.3) is 10.1 Å². The molecule has 0 aliphatic heterocycles. The Hall–Kier alpha value is -0.870. The number of fused-ring (bicyclic) bond motifs is 1. The van der Waals surface area contributed by atoms with E-state index in [0.717, 1.165) is 14.3 Å². The molecule has 0 saturated heterocycles. The molecule has 3 N–H and O–H groups in total. The van der Waals surface area contributed by atoms with Crippen LogP contribution in [-0.2, 0) is 0 Å². The number of benzene rings is 1. The van der Waals surface area contributed by atoms with Crippen molar-refractivity contribution in [1.29, 1.82) is 0 Å². The van der Waals surface area contributed by atoms with Crippen LogP contribution in [0.5, 0.6) is 5.75 Å². The van der Waals surface area contributed by atoms with Gasteiger partial charge in [0, 0.05) is 10.1 Å². The Morgan fingerprint density at radius 2 is 2.17 bits per heavy atom. The van der Waals surface area contributed by atoms with E-state index in [4.69, 9.17) is 5.73 Å². The van der Waals surface area contributed by atoms with Crippen molar-refractivity contribution in [3.63, 3.8) is 0 Å². The summed E-state index contributed by atoms with van der Waals surface area (Å²) < 4.78 is 1.77. The van der Waals surface area contributed by atoms with E-state index in [0.29, 0.717) is 5.69 Å². The average Bonchev–Trinajstić information content (AvgIpc) is 2.28. The molecule has 0 saturated carbocycles. The molecule has 1 heterocycles. The van der Waals surface area contributed by atoms with Crippen molar-refractivity contribution in [2.45, 2.75) is 4.21 Å². The summed E-state index contributed by atoms with van der Waals surface area (Å²) in [4.78, 5) is 0. The summed E-state index contributed by atoms with van der Waals surface area (Å²) in [5.74, 6) is 0.261. The first kappa shape index (κ1) is 7.76. The van der Waals surface area contributed by atoms with Gasteiger partial charge in [-0.2, -0.15) is 0 Å². The minimum atomic E-state index is 0.261. The zero-order valence-corrected chi connectivity index (χ0v) is 7.82. The maximum absolute atomic E-state index is 9.17. The van der Waals surface area contributed by atoms with Gasteiger partial charge in [-0.25, -0.2) is 0 Å². The maximum atomic E-state index is 9.17. The zero-order chi connectivity index (χ0) is 8.72. The third kappa shape index (κ3) is 1.04. The van der Waals surface area contributed by atoms with E-state index in [1.165, 1.54) is 11.3 Å². The van der Waals surface area contributed by atoms with Crippen molar-refractivity contribution in [3.05, 3.63) is 18.2 Å². The van der Waals surface area contributed by atoms with Gasteiger partial charge >= 0.3 is 0 Å². The number of thiophene rings is 1. The largest absolute Gasteiger partial charge is 0.508 e. The topological polar surface area (TPSA) is 46.2 Å². The van der Waals surface area contributed by atoms with Crippen LogP contribution in [0.15, 0.2) is 22.4 Å². The van der Waals surface area contributed by atoms with Gasteiger partial charge in [0.15, 0.2) is 0 Å². The quantitative estimate of drug-likeness (QED) is 0.568. The number of rotatable bonds is 0. The summed E-state index contributed by atoms with van der Waals surface area (Å²) in [6.07, 6.45) is 0. The summed E-state index contributed by atoms with van der Waals surface area (Å²) in [5, 5.41) is 10.1. The van der Waals surface area contributed by atoms with E-state index in [9.17, 15) is 5.11 Å². The normalized spacial score (nSPS) is 10.8. The van der Waals surface area contributed by atoms with Gasteiger partial charge in [-0.05, 0) is 18.2 Å². The second-order valence-electron chi connectivity index (χ2n) is 2.50. The Bertz CT molecular complexity index is 436. The summed E-state index contributed by atoms with van der Waals surface area (Å²) in [7, 11) is 0. The van der Waals surface area contributed by atoms with E-state index in [1.807, 2.05) is 0 Å². The first-order chi connectivity index (χ1) is 5.68. The highest BCUT2D eigenvalue weighted by Gasteiger charge is 2.05. The Kier molecular flexibility index (Phi) is 1.66. The van der Waals surface area contributed by atoms with Crippen LogP contribution < -0.4 is 5.73 Å². The van der Waals surface area contributed by atoms with Crippen molar-refractivity contribution >= 4 is 39.7 Å². The zero-order valence-electron chi connectivity index (χ0n) is 6.11. The predicted octanol–water partition coefficient (Wildman–Crippen LogP) is 2.48. The van der Waals surface area contributed by atoms with Crippen LogP contribution in [0.1, 0.15) is 0 Å². The van der Waals surface area contributed by atoms with Crippen molar-refractivity contribution in [2.75, 3.05) is 5.73 Å². The molecule has 0 fully saturated rings. The maximum Gasteiger partial charge on any atom is 0.117 e. The summed E-state index contributed by atoms with van der Waals surface area (Å²) in [6.45, 7) is 0. The molecule has 62 valence electrons. The molecule has 2 aromatic rings. The lowest BCUT2D eigenvalue weighted by Crippen LogP contribution is -1.81. The van der Waals surface area contributed by atoms with Gasteiger partial charge in [-0.15, -0.1) is 24.0 Å². The number of anilines is 1. The Balaban J connectivity index is 2.87. The summed E-state index contributed by atoms with van der Waals surface area (Å²) in [6, 6.07) is 5.12. The van der Waals surface area contributed by atoms with Crippen LogP contribution in [0.2, 0.25) is 0 Å². The van der Waals surface area contributed by atoms with Crippen LogP contribution >= 0.6 is 24.0 Å². The number of hydrogen-bond acceptors (Lipinski definition) is 4. The smallest absolute Gasteiger partial charge is 0.117 e. The van der Waals surface area contributed by atoms with E-state index >= 15 is 0 Å². The molecule has 1 aromatic heterocycles. The fraction of sp³-hybridized carbons (Fsp3) is 0. The number of aromatic hydroxyl groups is 1. The molecule has 0 unspecified atom stereocenters. The van der Waals surface area contributed by atoms with Gasteiger partial charge in [0.05, 0.1) is 9.90 Å². The number of phenolic OH excluding ortho intramolecular Hbond substituents is 1. The van der Waals surface area contributed by atoms with Crippen LogP contribution in [0.3, 0.4) is 0 Å². The van der Waals surface area contributed by atoms with Crippen LogP contribution in [0, 0.1) is 0 Å². The lowest BCUT2D eigenvalue weighted by Gasteiger charge is -1.92. The first-order valence-electron chi connectivity index (χ1n) is 3.38. The third-order valence-corrected chi connectivity index (χ3v) is 3.18. The third-order valence-electron chi connectivity index (χ3n) is 1.69. The van der Waals surface area contributed by atoms with Gasteiger partial charge in [0.2, 0.25) is 0 Å². The fourth-order valence-corrected chi connectivity index (χ4v) is 2.40. The molecular formula is C8H7NOS2. The predicted molar refractivity (Wildman–Crippen MR) is 55.2 cm³/mol. The number of phenols is 1. The highest BCUT2D eigenvalue weighted by Crippen LogP contribution is 2.37. The van der Waals surface area contributed by atoms with Crippen LogP contribution in [-0.4, -0.2) is 5.11 Å². The number of thiol groups is 1. The fourth-order valence-electron chi connectivity index (χ4n) is 1.09. The minimum Gasteiger partial charge on any atom is -0.508 e. The van der Waals surface area contributed by atoms with Gasteiger partial charge < -0.3 is 10.8 Å². The Morgan fingerprint density at radius 3 is 2.92 bits per heavy atom. The molecule has 0 bridgehead atoms. The molecule has 0 atom stereocenters. The second kappa shape index (κ2) is 2.57. The molecular weight excluding hydrogens is 190 g/mol. The highest BCUT2D eigenvalue weighted by molar-refractivity contribution is 7.83. The highest BCUT2D eigenvalue weighted by atomic mass is 32.2. The molecule has 0 spiro atoms. The Morgan fingerprint density at radius 1 is 1.42 bits per heavy atom. The van der Waals surface area contributed by atoms with E-state index in [2.05, 4.69) is 12.6 Å². The van der Waals surface area contributed by atoms with Crippen molar-refractivity contribution in [1.82, 2.24) is 0 Å². The van der Waals surface area contributed by atoms with E-state index in [1.54, 1.807) is 18.2 Å². The molecule has 2 rings (SSSR count). The summed E-state index contributed by atoms with van der Waals surface area (Å²) in [5.41, 5.74) is 6.43. The summed E-state index contributed by atoms with van der Waals surface area (Å²) >= 11 is 5.67. The number of nitrogens with two attached hydrogens (primary N) is 1. The second-order valence-corrected chi connectivity index (χ2v) is 4.30. The molecule has 0 amide bonds. The molecule has 1 aromatic carbocycles. The van der Waals surface area contributed by atoms with Gasteiger partial charge in [0.25, 0.3) is 0 Å². The van der Waals surface area contributed by atoms with Crippen molar-refractivity contribution in [2.24, 2.45) is 0 Å². The van der Waals surface area contributed by atoms with Gasteiger partial charge in [0.1, 0.15) is 5.75 Å². The lowest BCUT2D eigenvalue weighted by atomic mass is 10.2. The molecule has 0 aliphatic carbocycles. The standard InChI is InChI=1S/C8H7NOS2/c9-7-5-2-1-4(10)3-6(5)12-8(7)11/h1-3,10-11H,9H2. The van der Waals surface area contributed by atoms with E-state index < -0.39 is 0 Å². The van der Waals surface area contributed by atoms with E-state index in [-0.39, 0.29) is 5.75 Å². The van der Waals surface area contributed by atoms with Crippen molar-refractivity contribution < 1.29 is 5.11 Å². The minimum absolute atomic E-state index is 0.261. The molecule has 0 radical (unpaired) electrons. The SMILES string of the molecule is Nc1c(S)sc2cc(O)ccc12. The molecule has 0 aliphatic rings. The lowest BCUT2D eigenvalue weighted by molar-refractivity contribution is 0.476. The monoisotopic (exact) mass is 197 g/mol.